The van der Waals surface area contributed by atoms with Crippen LogP contribution in [0.4, 0.5) is 5.69 Å². The van der Waals surface area contributed by atoms with Crippen molar-refractivity contribution < 1.29 is 22.7 Å². The van der Waals surface area contributed by atoms with Gasteiger partial charge in [0.1, 0.15) is 16.5 Å². The van der Waals surface area contributed by atoms with Crippen molar-refractivity contribution >= 4 is 43.4 Å². The van der Waals surface area contributed by atoms with Crippen molar-refractivity contribution in [3.8, 4) is 11.5 Å². The molecular formula is C23H21N3O5S2. The second-order valence-corrected chi connectivity index (χ2v) is 9.66. The third-order valence-electron chi connectivity index (χ3n) is 4.83. The number of thiazole rings is 1. The number of hydrogen-bond acceptors (Lipinski definition) is 7. The van der Waals surface area contributed by atoms with Crippen molar-refractivity contribution in [1.82, 2.24) is 9.71 Å². The Bertz CT molecular complexity index is 1370. The first kappa shape index (κ1) is 22.6. The Morgan fingerprint density at radius 1 is 0.970 bits per heavy atom. The molecule has 0 saturated carbocycles. The van der Waals surface area contributed by atoms with E-state index in [1.165, 1.54) is 18.4 Å². The minimum Gasteiger partial charge on any atom is -0.497 e. The Labute approximate surface area is 195 Å². The van der Waals surface area contributed by atoms with Crippen molar-refractivity contribution in [1.29, 1.82) is 0 Å². The lowest BCUT2D eigenvalue weighted by molar-refractivity contribution is 0.0981. The molecule has 3 aromatic carbocycles. The Morgan fingerprint density at radius 3 is 2.30 bits per heavy atom. The highest BCUT2D eigenvalue weighted by Crippen LogP contribution is 2.29. The van der Waals surface area contributed by atoms with Gasteiger partial charge in [0.15, 0.2) is 0 Å². The summed E-state index contributed by atoms with van der Waals surface area (Å²) in [7, 11) is -1.15. The molecule has 10 heteroatoms. The molecule has 0 fully saturated rings. The van der Waals surface area contributed by atoms with Gasteiger partial charge in [-0.25, -0.2) is 14.0 Å². The van der Waals surface area contributed by atoms with Gasteiger partial charge in [-0.3, -0.25) is 4.79 Å². The lowest BCUT2D eigenvalue weighted by atomic mass is 10.2. The highest BCUT2D eigenvalue weighted by atomic mass is 32.2. The monoisotopic (exact) mass is 483 g/mol. The molecule has 1 aromatic heterocycles. The van der Waals surface area contributed by atoms with E-state index in [0.29, 0.717) is 22.2 Å². The first-order valence-corrected chi connectivity index (χ1v) is 12.1. The van der Waals surface area contributed by atoms with Crippen molar-refractivity contribution in [3.05, 3.63) is 83.4 Å². The van der Waals surface area contributed by atoms with Crippen LogP contribution in [-0.2, 0) is 16.8 Å². The molecule has 0 aliphatic carbocycles. The number of nitrogens with zero attached hydrogens (tertiary/aromatic N) is 2. The quantitative estimate of drug-likeness (QED) is 0.407. The lowest BCUT2D eigenvalue weighted by Crippen LogP contribution is -2.43. The number of amides is 1. The Morgan fingerprint density at radius 2 is 1.64 bits per heavy atom. The Balaban J connectivity index is 1.69. The number of benzene rings is 3. The summed E-state index contributed by atoms with van der Waals surface area (Å²) in [6, 6.07) is 20.2. The number of nitrogens with one attached hydrogen (secondary N) is 1. The fraction of sp³-hybridized carbons (Fsp3) is 0.130. The molecule has 1 amide bonds. The van der Waals surface area contributed by atoms with E-state index in [-0.39, 0.29) is 12.1 Å². The first-order chi connectivity index (χ1) is 15.9. The van der Waals surface area contributed by atoms with Crippen LogP contribution in [0.15, 0.2) is 72.8 Å². The molecular weight excluding hydrogens is 462 g/mol. The number of carbonyl (C=O) groups excluding carboxylic acids is 1. The molecule has 4 rings (SSSR count). The molecule has 33 heavy (non-hydrogen) atoms. The van der Waals surface area contributed by atoms with Crippen LogP contribution in [0.5, 0.6) is 11.5 Å². The zero-order valence-corrected chi connectivity index (χ0v) is 19.5. The van der Waals surface area contributed by atoms with E-state index in [1.54, 1.807) is 67.8 Å². The lowest BCUT2D eigenvalue weighted by Gasteiger charge is -2.23. The maximum atomic E-state index is 13.3. The predicted octanol–water partition coefficient (Wildman–Crippen LogP) is 3.99. The fourth-order valence-electron chi connectivity index (χ4n) is 3.15. The summed E-state index contributed by atoms with van der Waals surface area (Å²) in [5, 5.41) is 0.562. The molecule has 0 unspecified atom stereocenters. The molecule has 4 aromatic rings. The van der Waals surface area contributed by atoms with Crippen molar-refractivity contribution in [2.45, 2.75) is 6.54 Å². The van der Waals surface area contributed by atoms with E-state index in [9.17, 15) is 13.2 Å². The molecule has 0 radical (unpaired) electrons. The van der Waals surface area contributed by atoms with E-state index in [4.69, 9.17) is 9.47 Å². The number of fused-ring (bicyclic) bond motifs is 1. The van der Waals surface area contributed by atoms with Gasteiger partial charge in [0, 0.05) is 5.56 Å². The van der Waals surface area contributed by atoms with Gasteiger partial charge in [-0.2, -0.15) is 8.42 Å². The molecule has 0 spiro atoms. The number of anilines is 1. The van der Waals surface area contributed by atoms with Crippen LogP contribution in [0.1, 0.15) is 15.4 Å². The first-order valence-electron chi connectivity index (χ1n) is 9.87. The molecule has 8 nitrogen and oxygen atoms in total. The molecule has 1 heterocycles. The average Bonchev–Trinajstić information content (AvgIpc) is 3.24. The topological polar surface area (TPSA) is 97.8 Å². The zero-order chi connectivity index (χ0) is 23.4. The van der Waals surface area contributed by atoms with Crippen molar-refractivity contribution in [2.24, 2.45) is 0 Å². The summed E-state index contributed by atoms with van der Waals surface area (Å²) in [6.45, 7) is -0.0641. The minimum atomic E-state index is -4.26. The summed E-state index contributed by atoms with van der Waals surface area (Å²) in [5.41, 5.74) is 1.33. The number of rotatable bonds is 8. The van der Waals surface area contributed by atoms with E-state index < -0.39 is 16.1 Å². The third-order valence-corrected chi connectivity index (χ3v) is 7.19. The molecule has 0 aliphatic rings. The average molecular weight is 484 g/mol. The summed E-state index contributed by atoms with van der Waals surface area (Å²) >= 11 is 1.35. The Hall–Kier alpha value is -3.63. The molecule has 0 atom stereocenters. The predicted molar refractivity (Wildman–Crippen MR) is 128 cm³/mol. The normalized spacial score (nSPS) is 11.2. The van der Waals surface area contributed by atoms with Crippen molar-refractivity contribution in [3.63, 3.8) is 0 Å². The molecule has 0 saturated heterocycles. The fourth-order valence-corrected chi connectivity index (χ4v) is 5.37. The summed E-state index contributed by atoms with van der Waals surface area (Å²) in [5.74, 6) is 0.548. The number of methoxy groups -OCH3 is 2. The van der Waals surface area contributed by atoms with Gasteiger partial charge >= 0.3 is 10.2 Å². The third kappa shape index (κ3) is 5.07. The van der Waals surface area contributed by atoms with Crippen LogP contribution in [-0.4, -0.2) is 33.5 Å². The van der Waals surface area contributed by atoms with E-state index in [1.807, 2.05) is 12.1 Å². The van der Waals surface area contributed by atoms with Crippen LogP contribution in [0.2, 0.25) is 0 Å². The standard InChI is InChI=1S/C23H21N3O5S2/c1-30-18-10-8-17(9-11-18)26(33(28,29)25-23(27)16-6-4-3-5-7-16)15-22-24-20-13-12-19(31-2)14-21(20)32-22/h3-14H,15H2,1-2H3,(H,25,27). The van der Waals surface area contributed by atoms with Gasteiger partial charge in [0.05, 0.1) is 36.7 Å². The van der Waals surface area contributed by atoms with Crippen LogP contribution < -0.4 is 18.5 Å². The molecule has 170 valence electrons. The summed E-state index contributed by atoms with van der Waals surface area (Å²) < 4.78 is 41.2. The van der Waals surface area contributed by atoms with Crippen LogP contribution >= 0.6 is 11.3 Å². The summed E-state index contributed by atoms with van der Waals surface area (Å²) in [4.78, 5) is 17.2. The maximum absolute atomic E-state index is 13.3. The zero-order valence-electron chi connectivity index (χ0n) is 17.9. The van der Waals surface area contributed by atoms with Gasteiger partial charge in [0.25, 0.3) is 5.91 Å². The number of carbonyl (C=O) groups is 1. The highest BCUT2D eigenvalue weighted by molar-refractivity contribution is 7.91. The molecule has 0 bridgehead atoms. The second kappa shape index (κ2) is 9.47. The molecule has 0 aliphatic heterocycles. The number of aromatic nitrogens is 1. The maximum Gasteiger partial charge on any atom is 0.326 e. The Kier molecular flexibility index (Phi) is 6.47. The summed E-state index contributed by atoms with van der Waals surface area (Å²) in [6.07, 6.45) is 0. The van der Waals surface area contributed by atoms with E-state index in [2.05, 4.69) is 9.71 Å². The van der Waals surface area contributed by atoms with E-state index in [0.717, 1.165) is 14.5 Å². The smallest absolute Gasteiger partial charge is 0.326 e. The largest absolute Gasteiger partial charge is 0.497 e. The van der Waals surface area contributed by atoms with Gasteiger partial charge in [-0.15, -0.1) is 11.3 Å². The van der Waals surface area contributed by atoms with Crippen LogP contribution in [0, 0.1) is 0 Å². The van der Waals surface area contributed by atoms with Gasteiger partial charge < -0.3 is 9.47 Å². The number of hydrogen-bond donors (Lipinski definition) is 1. The minimum absolute atomic E-state index is 0.0641. The van der Waals surface area contributed by atoms with Gasteiger partial charge in [0.2, 0.25) is 0 Å². The van der Waals surface area contributed by atoms with Crippen molar-refractivity contribution in [2.75, 3.05) is 18.5 Å². The van der Waals surface area contributed by atoms with Crippen LogP contribution in [0.3, 0.4) is 0 Å². The van der Waals surface area contributed by atoms with Gasteiger partial charge in [-0.1, -0.05) is 18.2 Å². The number of ether oxygens (including phenoxy) is 2. The van der Waals surface area contributed by atoms with Gasteiger partial charge in [-0.05, 0) is 54.6 Å². The second-order valence-electron chi connectivity index (χ2n) is 6.95. The molecule has 1 N–H and O–H groups in total. The highest BCUT2D eigenvalue weighted by Gasteiger charge is 2.27. The van der Waals surface area contributed by atoms with E-state index >= 15 is 0 Å². The SMILES string of the molecule is COc1ccc(N(Cc2nc3ccc(OC)cc3s2)S(=O)(=O)NC(=O)c2ccccc2)cc1. The van der Waals surface area contributed by atoms with Crippen LogP contribution in [0.25, 0.3) is 10.2 Å².